The van der Waals surface area contributed by atoms with E-state index in [1.807, 2.05) is 23.0 Å². The zero-order chi connectivity index (χ0) is 11.7. The van der Waals surface area contributed by atoms with Crippen molar-refractivity contribution in [2.24, 2.45) is 0 Å². The van der Waals surface area contributed by atoms with E-state index < -0.39 is 0 Å². The molecule has 0 unspecified atom stereocenters. The predicted octanol–water partition coefficient (Wildman–Crippen LogP) is 1.05. The number of aryl methyl sites for hydroxylation is 1. The summed E-state index contributed by atoms with van der Waals surface area (Å²) in [5.41, 5.74) is 3.91. The Labute approximate surface area is 101 Å². The van der Waals surface area contributed by atoms with Crippen LogP contribution in [0.15, 0.2) is 24.5 Å². The van der Waals surface area contributed by atoms with Gasteiger partial charge in [-0.3, -0.25) is 4.90 Å². The van der Waals surface area contributed by atoms with Crippen LogP contribution in [0.4, 0.5) is 0 Å². The van der Waals surface area contributed by atoms with Crippen LogP contribution >= 0.6 is 0 Å². The lowest BCUT2D eigenvalue weighted by Gasteiger charge is -2.26. The summed E-state index contributed by atoms with van der Waals surface area (Å²) in [5.74, 6) is 0. The largest absolute Gasteiger partial charge is 0.314 e. The Hall–Kier alpha value is -1.39. The van der Waals surface area contributed by atoms with Gasteiger partial charge in [-0.25, -0.2) is 4.52 Å². The van der Waals surface area contributed by atoms with Crippen LogP contribution in [0.5, 0.6) is 0 Å². The monoisotopic (exact) mass is 230 g/mol. The minimum Gasteiger partial charge on any atom is -0.314 e. The van der Waals surface area contributed by atoms with Crippen molar-refractivity contribution in [2.75, 3.05) is 26.2 Å². The lowest BCUT2D eigenvalue weighted by molar-refractivity contribution is 0.234. The Kier molecular flexibility index (Phi) is 2.82. The first-order valence-corrected chi connectivity index (χ1v) is 6.19. The molecule has 0 saturated carbocycles. The third-order valence-electron chi connectivity index (χ3n) is 3.42. The number of hydrogen-bond donors (Lipinski definition) is 1. The molecular weight excluding hydrogens is 212 g/mol. The van der Waals surface area contributed by atoms with Gasteiger partial charge in [0.1, 0.15) is 0 Å². The smallest absolute Gasteiger partial charge is 0.0735 e. The van der Waals surface area contributed by atoms with Gasteiger partial charge in [0.25, 0.3) is 0 Å². The maximum Gasteiger partial charge on any atom is 0.0735 e. The summed E-state index contributed by atoms with van der Waals surface area (Å²) in [4.78, 5) is 2.49. The van der Waals surface area contributed by atoms with Crippen molar-refractivity contribution in [1.82, 2.24) is 19.8 Å². The standard InChI is InChI=1S/C13H18N4/c1-11-3-2-6-17-13(11)12(9-15-17)10-16-7-4-14-5-8-16/h2-3,6,9,14H,4-5,7-8,10H2,1H3. The Bertz CT molecular complexity index is 511. The van der Waals surface area contributed by atoms with Crippen LogP contribution < -0.4 is 5.32 Å². The molecule has 3 rings (SSSR count). The number of nitrogens with zero attached hydrogens (tertiary/aromatic N) is 3. The topological polar surface area (TPSA) is 32.6 Å². The van der Waals surface area contributed by atoms with Gasteiger partial charge in [0.15, 0.2) is 0 Å². The molecule has 90 valence electrons. The fraction of sp³-hybridized carbons (Fsp3) is 0.462. The highest BCUT2D eigenvalue weighted by Gasteiger charge is 2.13. The highest BCUT2D eigenvalue weighted by atomic mass is 15.2. The summed E-state index contributed by atoms with van der Waals surface area (Å²) < 4.78 is 1.98. The first-order chi connectivity index (χ1) is 8.34. The zero-order valence-corrected chi connectivity index (χ0v) is 10.2. The van der Waals surface area contributed by atoms with Gasteiger partial charge in [-0.05, 0) is 18.6 Å². The van der Waals surface area contributed by atoms with Crippen molar-refractivity contribution in [3.8, 4) is 0 Å². The molecule has 0 atom stereocenters. The minimum absolute atomic E-state index is 1.01. The van der Waals surface area contributed by atoms with E-state index in [2.05, 4.69) is 28.3 Å². The Morgan fingerprint density at radius 1 is 1.35 bits per heavy atom. The number of aromatic nitrogens is 2. The number of rotatable bonds is 2. The van der Waals surface area contributed by atoms with Crippen LogP contribution in [0, 0.1) is 6.92 Å². The molecular formula is C13H18N4. The minimum atomic E-state index is 1.01. The van der Waals surface area contributed by atoms with E-state index in [1.165, 1.54) is 16.6 Å². The van der Waals surface area contributed by atoms with Crippen LogP contribution in [0.25, 0.3) is 5.52 Å². The molecule has 0 aliphatic carbocycles. The molecule has 1 saturated heterocycles. The second-order valence-corrected chi connectivity index (χ2v) is 4.68. The fourth-order valence-corrected chi connectivity index (χ4v) is 2.52. The molecule has 4 nitrogen and oxygen atoms in total. The van der Waals surface area contributed by atoms with Crippen LogP contribution in [0.2, 0.25) is 0 Å². The van der Waals surface area contributed by atoms with E-state index >= 15 is 0 Å². The maximum absolute atomic E-state index is 4.42. The molecule has 2 aromatic heterocycles. The number of hydrogen-bond acceptors (Lipinski definition) is 3. The van der Waals surface area contributed by atoms with E-state index in [9.17, 15) is 0 Å². The van der Waals surface area contributed by atoms with Gasteiger partial charge in [-0.1, -0.05) is 6.07 Å². The third-order valence-corrected chi connectivity index (χ3v) is 3.42. The van der Waals surface area contributed by atoms with Gasteiger partial charge in [-0.15, -0.1) is 0 Å². The van der Waals surface area contributed by atoms with Crippen molar-refractivity contribution in [3.05, 3.63) is 35.7 Å². The van der Waals surface area contributed by atoms with Gasteiger partial charge in [0.2, 0.25) is 0 Å². The molecule has 0 radical (unpaired) electrons. The molecule has 4 heteroatoms. The zero-order valence-electron chi connectivity index (χ0n) is 10.2. The van der Waals surface area contributed by atoms with Crippen LogP contribution in [0.1, 0.15) is 11.1 Å². The maximum atomic E-state index is 4.42. The first kappa shape index (κ1) is 10.7. The summed E-state index contributed by atoms with van der Waals surface area (Å²) in [7, 11) is 0. The lowest BCUT2D eigenvalue weighted by Crippen LogP contribution is -2.42. The molecule has 1 aliphatic heterocycles. The number of piperazine rings is 1. The molecule has 0 amide bonds. The fourth-order valence-electron chi connectivity index (χ4n) is 2.52. The van der Waals surface area contributed by atoms with Crippen molar-refractivity contribution < 1.29 is 0 Å². The Morgan fingerprint density at radius 2 is 2.18 bits per heavy atom. The van der Waals surface area contributed by atoms with Crippen LogP contribution in [0.3, 0.4) is 0 Å². The van der Waals surface area contributed by atoms with E-state index in [0.29, 0.717) is 0 Å². The van der Waals surface area contributed by atoms with Gasteiger partial charge in [0, 0.05) is 44.5 Å². The van der Waals surface area contributed by atoms with Crippen molar-refractivity contribution in [2.45, 2.75) is 13.5 Å². The molecule has 2 aromatic rings. The molecule has 1 N–H and O–H groups in total. The lowest BCUT2D eigenvalue weighted by atomic mass is 10.1. The van der Waals surface area contributed by atoms with E-state index in [1.54, 1.807) is 0 Å². The molecule has 0 aromatic carbocycles. The summed E-state index contributed by atoms with van der Waals surface area (Å²) >= 11 is 0. The summed E-state index contributed by atoms with van der Waals surface area (Å²) in [5, 5.41) is 7.80. The normalized spacial score (nSPS) is 17.7. The highest BCUT2D eigenvalue weighted by Crippen LogP contribution is 2.17. The Balaban J connectivity index is 1.89. The van der Waals surface area contributed by atoms with E-state index in [-0.39, 0.29) is 0 Å². The van der Waals surface area contributed by atoms with Gasteiger partial charge in [-0.2, -0.15) is 5.10 Å². The third kappa shape index (κ3) is 2.06. The first-order valence-electron chi connectivity index (χ1n) is 6.19. The molecule has 3 heterocycles. The van der Waals surface area contributed by atoms with Gasteiger partial charge >= 0.3 is 0 Å². The molecule has 0 spiro atoms. The van der Waals surface area contributed by atoms with Crippen molar-refractivity contribution in [1.29, 1.82) is 0 Å². The molecule has 17 heavy (non-hydrogen) atoms. The van der Waals surface area contributed by atoms with Gasteiger partial charge < -0.3 is 5.32 Å². The van der Waals surface area contributed by atoms with Gasteiger partial charge in [0.05, 0.1) is 11.7 Å². The summed E-state index contributed by atoms with van der Waals surface area (Å²) in [6.07, 6.45) is 4.02. The number of nitrogens with one attached hydrogen (secondary N) is 1. The number of pyridine rings is 1. The average molecular weight is 230 g/mol. The average Bonchev–Trinajstić information content (AvgIpc) is 2.75. The van der Waals surface area contributed by atoms with Crippen LogP contribution in [-0.2, 0) is 6.54 Å². The summed E-state index contributed by atoms with van der Waals surface area (Å²) in [6.45, 7) is 7.61. The molecule has 0 bridgehead atoms. The van der Waals surface area contributed by atoms with Crippen LogP contribution in [-0.4, -0.2) is 40.7 Å². The SMILES string of the molecule is Cc1cccn2ncc(CN3CCNCC3)c12. The summed E-state index contributed by atoms with van der Waals surface area (Å²) in [6, 6.07) is 4.20. The van der Waals surface area contributed by atoms with Crippen molar-refractivity contribution >= 4 is 5.52 Å². The molecule has 1 fully saturated rings. The van der Waals surface area contributed by atoms with E-state index in [4.69, 9.17) is 0 Å². The highest BCUT2D eigenvalue weighted by molar-refractivity contribution is 5.59. The van der Waals surface area contributed by atoms with Crippen molar-refractivity contribution in [3.63, 3.8) is 0 Å². The second-order valence-electron chi connectivity index (χ2n) is 4.68. The molecule has 1 aliphatic rings. The van der Waals surface area contributed by atoms with E-state index in [0.717, 1.165) is 32.7 Å². The quantitative estimate of drug-likeness (QED) is 0.837. The number of fused-ring (bicyclic) bond motifs is 1. The predicted molar refractivity (Wildman–Crippen MR) is 68.1 cm³/mol. The second kappa shape index (κ2) is 4.47. The Morgan fingerprint density at radius 3 is 3.00 bits per heavy atom.